The Morgan fingerprint density at radius 2 is 2.04 bits per heavy atom. The lowest BCUT2D eigenvalue weighted by Gasteiger charge is -2.24. The number of pyridine rings is 1. The van der Waals surface area contributed by atoms with Gasteiger partial charge in [0.25, 0.3) is 5.78 Å². The number of hydrogen-bond donors (Lipinski definition) is 1. The van der Waals surface area contributed by atoms with Gasteiger partial charge in [0.15, 0.2) is 5.76 Å². The van der Waals surface area contributed by atoms with Crippen LogP contribution in [0.3, 0.4) is 0 Å². The Morgan fingerprint density at radius 3 is 2.78 bits per heavy atom. The van der Waals surface area contributed by atoms with Crippen molar-refractivity contribution in [1.82, 2.24) is 24.6 Å². The lowest BCUT2D eigenvalue weighted by atomic mass is 10.2. The highest BCUT2D eigenvalue weighted by molar-refractivity contribution is 5.57. The fraction of sp³-hybridized carbons (Fsp3) is 0.263. The molecular weight excluding hydrogens is 342 g/mol. The number of furan rings is 1. The monoisotopic (exact) mass is 361 g/mol. The number of fused-ring (bicyclic) bond motifs is 1. The Morgan fingerprint density at radius 1 is 1.19 bits per heavy atom. The van der Waals surface area contributed by atoms with Gasteiger partial charge in [0.05, 0.1) is 6.26 Å². The van der Waals surface area contributed by atoms with E-state index in [0.29, 0.717) is 29.1 Å². The second-order valence-corrected chi connectivity index (χ2v) is 6.84. The van der Waals surface area contributed by atoms with Gasteiger partial charge in [-0.1, -0.05) is 0 Å². The molecule has 0 atom stereocenters. The molecule has 2 N–H and O–H groups in total. The molecule has 5 rings (SSSR count). The van der Waals surface area contributed by atoms with E-state index in [2.05, 4.69) is 20.0 Å². The van der Waals surface area contributed by atoms with Crippen molar-refractivity contribution in [1.29, 1.82) is 0 Å². The smallest absolute Gasteiger partial charge is 0.256 e. The molecule has 0 unspecified atom stereocenters. The van der Waals surface area contributed by atoms with Gasteiger partial charge in [-0.15, -0.1) is 5.10 Å². The fourth-order valence-corrected chi connectivity index (χ4v) is 3.11. The Kier molecular flexibility index (Phi) is 3.74. The molecule has 1 aliphatic carbocycles. The highest BCUT2D eigenvalue weighted by atomic mass is 16.3. The zero-order valence-corrected chi connectivity index (χ0v) is 14.7. The third-order valence-corrected chi connectivity index (χ3v) is 4.69. The van der Waals surface area contributed by atoms with Crippen molar-refractivity contribution >= 4 is 17.4 Å². The van der Waals surface area contributed by atoms with Gasteiger partial charge in [0.1, 0.15) is 11.6 Å². The molecule has 0 amide bonds. The first kappa shape index (κ1) is 15.8. The molecular formula is C19H19N7O. The third-order valence-electron chi connectivity index (χ3n) is 4.69. The molecule has 27 heavy (non-hydrogen) atoms. The van der Waals surface area contributed by atoms with Crippen molar-refractivity contribution in [2.24, 2.45) is 5.92 Å². The van der Waals surface area contributed by atoms with Crippen molar-refractivity contribution in [3.8, 4) is 11.6 Å². The summed E-state index contributed by atoms with van der Waals surface area (Å²) in [5.41, 5.74) is 7.44. The first-order valence-corrected chi connectivity index (χ1v) is 8.97. The molecule has 4 aromatic heterocycles. The molecule has 0 spiro atoms. The molecule has 0 aromatic carbocycles. The van der Waals surface area contributed by atoms with E-state index in [4.69, 9.17) is 15.1 Å². The summed E-state index contributed by atoms with van der Waals surface area (Å²) in [6.07, 6.45) is 7.74. The zero-order valence-electron chi connectivity index (χ0n) is 14.7. The maximum atomic E-state index is 6.25. The molecule has 8 nitrogen and oxygen atoms in total. The van der Waals surface area contributed by atoms with Crippen LogP contribution in [-0.2, 0) is 6.54 Å². The van der Waals surface area contributed by atoms with E-state index in [9.17, 15) is 0 Å². The van der Waals surface area contributed by atoms with Crippen LogP contribution in [0.25, 0.3) is 17.4 Å². The van der Waals surface area contributed by atoms with Gasteiger partial charge < -0.3 is 15.1 Å². The number of aromatic nitrogens is 5. The minimum atomic E-state index is 0.465. The molecule has 4 heterocycles. The standard InChI is InChI=1S/C19H19N7O/c20-16-10-17(22-19-23-18(24-26(16)19)15-2-1-9-27-15)25(11-13-3-4-13)12-14-5-7-21-8-6-14/h1-2,5-10,13H,3-4,11-12,20H2. The van der Waals surface area contributed by atoms with Crippen molar-refractivity contribution in [2.75, 3.05) is 17.2 Å². The van der Waals surface area contributed by atoms with E-state index in [0.717, 1.165) is 18.9 Å². The Labute approximate surface area is 155 Å². The van der Waals surface area contributed by atoms with E-state index < -0.39 is 0 Å². The predicted octanol–water partition coefficient (Wildman–Crippen LogP) is 2.78. The summed E-state index contributed by atoms with van der Waals surface area (Å²) in [6, 6.07) is 9.52. The summed E-state index contributed by atoms with van der Waals surface area (Å²) in [7, 11) is 0. The van der Waals surface area contributed by atoms with E-state index in [1.54, 1.807) is 16.8 Å². The number of nitrogens with two attached hydrogens (primary N) is 1. The number of anilines is 2. The van der Waals surface area contributed by atoms with Crippen molar-refractivity contribution in [3.63, 3.8) is 0 Å². The molecule has 0 radical (unpaired) electrons. The van der Waals surface area contributed by atoms with Crippen LogP contribution < -0.4 is 10.6 Å². The normalized spacial score (nSPS) is 13.9. The van der Waals surface area contributed by atoms with E-state index in [1.807, 2.05) is 36.7 Å². The molecule has 136 valence electrons. The largest absolute Gasteiger partial charge is 0.461 e. The van der Waals surface area contributed by atoms with Gasteiger partial charge in [0, 0.05) is 31.5 Å². The maximum Gasteiger partial charge on any atom is 0.256 e. The second-order valence-electron chi connectivity index (χ2n) is 6.84. The van der Waals surface area contributed by atoms with Crippen molar-refractivity contribution in [3.05, 3.63) is 54.6 Å². The van der Waals surface area contributed by atoms with Crippen LogP contribution >= 0.6 is 0 Å². The molecule has 0 saturated heterocycles. The quantitative estimate of drug-likeness (QED) is 0.564. The van der Waals surface area contributed by atoms with Crippen LogP contribution in [-0.4, -0.2) is 31.1 Å². The van der Waals surface area contributed by atoms with Gasteiger partial charge in [-0.3, -0.25) is 4.98 Å². The lowest BCUT2D eigenvalue weighted by molar-refractivity contribution is 0.577. The Balaban J connectivity index is 1.52. The van der Waals surface area contributed by atoms with Crippen LogP contribution in [0.5, 0.6) is 0 Å². The minimum absolute atomic E-state index is 0.465. The fourth-order valence-electron chi connectivity index (χ4n) is 3.11. The molecule has 1 aliphatic rings. The average molecular weight is 361 g/mol. The van der Waals surface area contributed by atoms with Crippen molar-refractivity contribution < 1.29 is 4.42 Å². The summed E-state index contributed by atoms with van der Waals surface area (Å²) in [6.45, 7) is 1.70. The van der Waals surface area contributed by atoms with Crippen LogP contribution in [0.2, 0.25) is 0 Å². The molecule has 4 aromatic rings. The lowest BCUT2D eigenvalue weighted by Crippen LogP contribution is -2.26. The first-order valence-electron chi connectivity index (χ1n) is 8.97. The van der Waals surface area contributed by atoms with Crippen LogP contribution in [0, 0.1) is 5.92 Å². The average Bonchev–Trinajstić information content (AvgIpc) is 3.16. The second kappa shape index (κ2) is 6.39. The maximum absolute atomic E-state index is 6.25. The Bertz CT molecular complexity index is 1050. The highest BCUT2D eigenvalue weighted by Gasteiger charge is 2.26. The summed E-state index contributed by atoms with van der Waals surface area (Å²) in [5, 5.41) is 4.41. The van der Waals surface area contributed by atoms with E-state index >= 15 is 0 Å². The van der Waals surface area contributed by atoms with E-state index in [1.165, 1.54) is 18.4 Å². The number of hydrogen-bond acceptors (Lipinski definition) is 7. The van der Waals surface area contributed by atoms with Gasteiger partial charge in [-0.05, 0) is 48.6 Å². The predicted molar refractivity (Wildman–Crippen MR) is 101 cm³/mol. The molecule has 0 aliphatic heterocycles. The van der Waals surface area contributed by atoms with E-state index in [-0.39, 0.29) is 0 Å². The van der Waals surface area contributed by atoms with Gasteiger partial charge >= 0.3 is 0 Å². The topological polar surface area (TPSA) is 98.4 Å². The number of nitrogens with zero attached hydrogens (tertiary/aromatic N) is 6. The molecule has 1 fully saturated rings. The van der Waals surface area contributed by atoms with Crippen LogP contribution in [0.15, 0.2) is 53.4 Å². The molecule has 8 heteroatoms. The summed E-state index contributed by atoms with van der Waals surface area (Å²) in [5.74, 6) is 3.54. The number of nitrogen functional groups attached to an aromatic ring is 1. The van der Waals surface area contributed by atoms with Gasteiger partial charge in [-0.25, -0.2) is 0 Å². The third kappa shape index (κ3) is 3.21. The summed E-state index contributed by atoms with van der Waals surface area (Å²) < 4.78 is 6.93. The molecule has 0 bridgehead atoms. The van der Waals surface area contributed by atoms with Crippen molar-refractivity contribution in [2.45, 2.75) is 19.4 Å². The summed E-state index contributed by atoms with van der Waals surface area (Å²) in [4.78, 5) is 15.6. The molecule has 1 saturated carbocycles. The minimum Gasteiger partial charge on any atom is -0.461 e. The number of rotatable bonds is 6. The zero-order chi connectivity index (χ0) is 18.2. The van der Waals surface area contributed by atoms with Crippen LogP contribution in [0.1, 0.15) is 18.4 Å². The summed E-state index contributed by atoms with van der Waals surface area (Å²) >= 11 is 0. The van der Waals surface area contributed by atoms with Gasteiger partial charge in [-0.2, -0.15) is 14.5 Å². The first-order chi connectivity index (χ1) is 13.3. The Hall–Kier alpha value is -3.42. The SMILES string of the molecule is Nc1cc(N(Cc2ccncc2)CC2CC2)nc2nc(-c3ccco3)nn12. The van der Waals surface area contributed by atoms with Gasteiger partial charge in [0.2, 0.25) is 5.82 Å². The van der Waals surface area contributed by atoms with Crippen LogP contribution in [0.4, 0.5) is 11.6 Å². The highest BCUT2D eigenvalue weighted by Crippen LogP contribution is 2.32.